The van der Waals surface area contributed by atoms with Gasteiger partial charge in [0.1, 0.15) is 0 Å². The van der Waals surface area contributed by atoms with Crippen molar-refractivity contribution in [3.05, 3.63) is 22.5 Å². The Balaban J connectivity index is 2.30. The normalized spacial score (nSPS) is 28.5. The molecule has 0 aliphatic carbocycles. The molecule has 0 saturated carbocycles. The monoisotopic (exact) mass is 309 g/mol. The Hall–Kier alpha value is -0.951. The second-order valence-corrected chi connectivity index (χ2v) is 5.17. The fraction of sp³-hybridized carbons (Fsp3) is 0.556. The molecule has 3 atom stereocenters. The average Bonchev–Trinajstić information content (AvgIpc) is 2.65. The van der Waals surface area contributed by atoms with Crippen molar-refractivity contribution in [3.8, 4) is 0 Å². The van der Waals surface area contributed by atoms with E-state index in [9.17, 15) is 9.18 Å². The quantitative estimate of drug-likeness (QED) is 0.679. The number of rotatable bonds is 2. The molecule has 8 heteroatoms. The summed E-state index contributed by atoms with van der Waals surface area (Å²) in [6, 6.07) is 0. The second-order valence-electron chi connectivity index (χ2n) is 3.78. The van der Waals surface area contributed by atoms with Gasteiger partial charge < -0.3 is 0 Å². The number of ether oxygens (including phenoxy) is 1. The van der Waals surface area contributed by atoms with Gasteiger partial charge in [0.2, 0.25) is 0 Å². The van der Waals surface area contributed by atoms with E-state index in [1.807, 2.05) is 0 Å². The minimum absolute atomic E-state index is 0.0324. The molecule has 0 bridgehead atoms. The molecule has 0 amide bonds. The van der Waals surface area contributed by atoms with Crippen molar-refractivity contribution in [2.45, 2.75) is 23.6 Å². The summed E-state index contributed by atoms with van der Waals surface area (Å²) in [5.74, 6) is -1.19. The molecule has 1 aromatic heterocycles. The van der Waals surface area contributed by atoms with Gasteiger partial charge in [-0.3, -0.25) is 0 Å². The molecule has 0 radical (unpaired) electrons. The molecule has 2 heterocycles. The van der Waals surface area contributed by atoms with E-state index in [-0.39, 0.29) is 17.5 Å². The second kappa shape index (κ2) is 4.73. The maximum atomic E-state index is 13.2. The summed E-state index contributed by atoms with van der Waals surface area (Å²) in [5, 5.41) is 9.04. The Morgan fingerprint density at radius 3 is 3.06 bits per heavy atom. The Morgan fingerprint density at radius 1 is 1.76 bits per heavy atom. The van der Waals surface area contributed by atoms with Crippen LogP contribution in [0.4, 0.5) is 10.2 Å². The molecule has 1 aliphatic heterocycles. The Morgan fingerprint density at radius 2 is 2.47 bits per heavy atom. The first-order valence-corrected chi connectivity index (χ1v) is 6.10. The number of aromatic nitrogens is 2. The molecule has 94 valence electrons. The molecule has 2 rings (SSSR count). The van der Waals surface area contributed by atoms with Crippen LogP contribution in [0.2, 0.25) is 4.82 Å². The van der Waals surface area contributed by atoms with Crippen molar-refractivity contribution in [2.24, 2.45) is 0 Å². The van der Waals surface area contributed by atoms with Gasteiger partial charge in [-0.05, 0) is 0 Å². The molecular formula is C9H12FN3O3Se. The third-order valence-corrected chi connectivity index (χ3v) is 3.77. The van der Waals surface area contributed by atoms with E-state index in [4.69, 9.17) is 15.6 Å². The summed E-state index contributed by atoms with van der Waals surface area (Å²) in [7, 11) is 0. The van der Waals surface area contributed by atoms with Crippen LogP contribution in [0.1, 0.15) is 12.6 Å². The number of anilines is 1. The number of hydrogen-bond donors (Lipinski definition) is 2. The topological polar surface area (TPSA) is 90.4 Å². The summed E-state index contributed by atoms with van der Waals surface area (Å²) in [4.78, 5) is 14.9. The Bertz CT molecular complexity index is 481. The number of aliphatic hydroxyl groups excluding tert-OH is 1. The first-order valence-electron chi connectivity index (χ1n) is 5.01. The first-order chi connectivity index (χ1) is 8.02. The summed E-state index contributed by atoms with van der Waals surface area (Å²) < 4.78 is 19.7. The van der Waals surface area contributed by atoms with Crippen LogP contribution >= 0.6 is 0 Å². The van der Waals surface area contributed by atoms with Crippen LogP contribution in [-0.4, -0.2) is 43.4 Å². The molecule has 1 aliphatic rings. The van der Waals surface area contributed by atoms with E-state index in [1.165, 1.54) is 0 Å². The van der Waals surface area contributed by atoms with Crippen molar-refractivity contribution >= 4 is 21.8 Å². The van der Waals surface area contributed by atoms with Gasteiger partial charge in [0.05, 0.1) is 0 Å². The van der Waals surface area contributed by atoms with E-state index in [1.54, 1.807) is 0 Å². The van der Waals surface area contributed by atoms with Crippen LogP contribution < -0.4 is 11.4 Å². The van der Waals surface area contributed by atoms with Crippen molar-refractivity contribution in [1.29, 1.82) is 0 Å². The third-order valence-electron chi connectivity index (χ3n) is 2.63. The fourth-order valence-electron chi connectivity index (χ4n) is 1.71. The molecular weight excluding hydrogens is 296 g/mol. The number of hydrogen-bond acceptors (Lipinski definition) is 5. The molecule has 0 spiro atoms. The van der Waals surface area contributed by atoms with Crippen LogP contribution in [0.15, 0.2) is 11.0 Å². The predicted molar refractivity (Wildman–Crippen MR) is 59.4 cm³/mol. The van der Waals surface area contributed by atoms with E-state index in [2.05, 4.69) is 21.0 Å². The van der Waals surface area contributed by atoms with Crippen molar-refractivity contribution in [2.75, 3.05) is 12.3 Å². The molecule has 1 unspecified atom stereocenters. The maximum absolute atomic E-state index is 13.2. The zero-order valence-electron chi connectivity index (χ0n) is 8.78. The molecule has 1 fully saturated rings. The van der Waals surface area contributed by atoms with Crippen LogP contribution in [-0.2, 0) is 4.74 Å². The van der Waals surface area contributed by atoms with E-state index < -0.39 is 23.6 Å². The summed E-state index contributed by atoms with van der Waals surface area (Å²) in [5.41, 5.74) is 4.53. The molecule has 1 saturated heterocycles. The number of nitrogen functional groups attached to an aromatic ring is 1. The molecule has 3 N–H and O–H groups in total. The van der Waals surface area contributed by atoms with Gasteiger partial charge in [-0.25, -0.2) is 0 Å². The summed E-state index contributed by atoms with van der Waals surface area (Å²) >= 11 is 2.37. The number of aliphatic hydroxyl groups is 1. The van der Waals surface area contributed by atoms with Gasteiger partial charge in [-0.2, -0.15) is 0 Å². The van der Waals surface area contributed by atoms with Gasteiger partial charge in [-0.1, -0.05) is 0 Å². The van der Waals surface area contributed by atoms with Crippen LogP contribution in [0, 0.1) is 5.82 Å². The van der Waals surface area contributed by atoms with Gasteiger partial charge in [0.25, 0.3) is 0 Å². The Kier molecular flexibility index (Phi) is 3.48. The van der Waals surface area contributed by atoms with E-state index in [0.717, 1.165) is 10.8 Å². The zero-order valence-corrected chi connectivity index (χ0v) is 10.7. The zero-order chi connectivity index (χ0) is 12.6. The molecule has 0 aromatic carbocycles. The first kappa shape index (κ1) is 12.5. The number of halogens is 1. The number of nitrogens with two attached hydrogens (primary N) is 1. The number of nitrogens with zero attached hydrogens (tertiary/aromatic N) is 2. The SMILES string of the molecule is Nc1nc(=O)n([C@H]2CC([SeH])[C@@H](CO)O2)cc1F. The third kappa shape index (κ3) is 2.35. The standard InChI is InChI=1S/C9H12FN3O3Se/c10-4-2-13(9(15)12-8(4)11)7-1-6(17)5(3-14)16-7/h2,5-7,14,17H,1,3H2,(H2,11,12,15)/t5-,6?,7-/m1/s1. The van der Waals surface area contributed by atoms with E-state index in [0.29, 0.717) is 6.42 Å². The van der Waals surface area contributed by atoms with Crippen LogP contribution in [0.5, 0.6) is 0 Å². The van der Waals surface area contributed by atoms with E-state index >= 15 is 0 Å². The average molecular weight is 308 g/mol. The van der Waals surface area contributed by atoms with Gasteiger partial charge in [-0.15, -0.1) is 0 Å². The van der Waals surface area contributed by atoms with Gasteiger partial charge >= 0.3 is 104 Å². The van der Waals surface area contributed by atoms with Crippen LogP contribution in [0.25, 0.3) is 0 Å². The van der Waals surface area contributed by atoms with Crippen LogP contribution in [0.3, 0.4) is 0 Å². The molecule has 17 heavy (non-hydrogen) atoms. The summed E-state index contributed by atoms with van der Waals surface area (Å²) in [6.45, 7) is -0.143. The minimum atomic E-state index is -0.761. The Labute approximate surface area is 104 Å². The van der Waals surface area contributed by atoms with Crippen molar-refractivity contribution < 1.29 is 14.2 Å². The molecule has 1 aromatic rings. The van der Waals surface area contributed by atoms with Gasteiger partial charge in [0.15, 0.2) is 0 Å². The summed E-state index contributed by atoms with van der Waals surface area (Å²) in [6.07, 6.45) is 0.494. The predicted octanol–water partition coefficient (Wildman–Crippen LogP) is -1.07. The van der Waals surface area contributed by atoms with Gasteiger partial charge in [0, 0.05) is 0 Å². The molecule has 6 nitrogen and oxygen atoms in total. The fourth-order valence-corrected chi connectivity index (χ4v) is 2.44. The van der Waals surface area contributed by atoms with Crippen molar-refractivity contribution in [1.82, 2.24) is 9.55 Å². The van der Waals surface area contributed by atoms with Crippen molar-refractivity contribution in [3.63, 3.8) is 0 Å².